The van der Waals surface area contributed by atoms with E-state index in [0.29, 0.717) is 26.2 Å². The van der Waals surface area contributed by atoms with Crippen LogP contribution in [-0.4, -0.2) is 32.4 Å². The van der Waals surface area contributed by atoms with Crippen molar-refractivity contribution >= 4 is 11.0 Å². The van der Waals surface area contributed by atoms with E-state index in [1.54, 1.807) is 6.26 Å². The van der Waals surface area contributed by atoms with E-state index in [9.17, 15) is 5.11 Å². The second-order valence-electron chi connectivity index (χ2n) is 8.16. The minimum absolute atomic E-state index is 0.451. The lowest BCUT2D eigenvalue weighted by Crippen LogP contribution is -2.34. The zero-order chi connectivity index (χ0) is 21.3. The second-order valence-corrected chi connectivity index (χ2v) is 8.16. The number of nitrogens with zero attached hydrogens (tertiary/aromatic N) is 3. The fourth-order valence-electron chi connectivity index (χ4n) is 3.96. The highest BCUT2D eigenvalue weighted by molar-refractivity contribution is 5.82. The Morgan fingerprint density at radius 2 is 1.93 bits per heavy atom. The minimum Gasteiger partial charge on any atom is -0.468 e. The summed E-state index contributed by atoms with van der Waals surface area (Å²) in [6.45, 7) is 10.3. The number of hydrogen-bond acceptors (Lipinski definition) is 5. The summed E-state index contributed by atoms with van der Waals surface area (Å²) in [4.78, 5) is 2.16. The van der Waals surface area contributed by atoms with E-state index in [-0.39, 0.29) is 0 Å². The molecule has 158 valence electrons. The van der Waals surface area contributed by atoms with Gasteiger partial charge in [0.05, 0.1) is 37.7 Å². The summed E-state index contributed by atoms with van der Waals surface area (Å²) in [5.41, 5.74) is 5.26. The predicted octanol–water partition coefficient (Wildman–Crippen LogP) is 4.52. The van der Waals surface area contributed by atoms with Crippen LogP contribution in [0.5, 0.6) is 0 Å². The smallest absolute Gasteiger partial charge is 0.134 e. The average Bonchev–Trinajstić information content (AvgIpc) is 3.37. The van der Waals surface area contributed by atoms with Gasteiger partial charge in [-0.05, 0) is 63.6 Å². The molecule has 0 fully saturated rings. The van der Waals surface area contributed by atoms with Crippen LogP contribution in [0, 0.1) is 27.7 Å². The highest BCUT2D eigenvalue weighted by Crippen LogP contribution is 2.27. The maximum atomic E-state index is 10.8. The van der Waals surface area contributed by atoms with Crippen molar-refractivity contribution in [2.75, 3.05) is 6.54 Å². The number of aryl methyl sites for hydroxylation is 4. The number of aromatic nitrogens is 2. The molecule has 0 radical (unpaired) electrons. The van der Waals surface area contributed by atoms with E-state index < -0.39 is 6.10 Å². The first-order valence-corrected chi connectivity index (χ1v) is 10.3. The van der Waals surface area contributed by atoms with Crippen molar-refractivity contribution in [1.29, 1.82) is 0 Å². The molecule has 1 unspecified atom stereocenters. The molecule has 3 heterocycles. The Hall–Kier alpha value is -2.83. The third-order valence-electron chi connectivity index (χ3n) is 5.47. The molecule has 1 aromatic carbocycles. The first-order valence-electron chi connectivity index (χ1n) is 10.3. The van der Waals surface area contributed by atoms with Crippen LogP contribution < -0.4 is 0 Å². The van der Waals surface area contributed by atoms with Gasteiger partial charge >= 0.3 is 0 Å². The topological polar surface area (TPSA) is 67.6 Å². The molecule has 0 aliphatic heterocycles. The van der Waals surface area contributed by atoms with Crippen molar-refractivity contribution in [3.05, 3.63) is 76.7 Å². The summed E-state index contributed by atoms with van der Waals surface area (Å²) in [7, 11) is 0. The lowest BCUT2D eigenvalue weighted by molar-refractivity contribution is 0.0806. The maximum Gasteiger partial charge on any atom is 0.134 e. The van der Waals surface area contributed by atoms with E-state index in [4.69, 9.17) is 8.83 Å². The molecule has 4 rings (SSSR count). The van der Waals surface area contributed by atoms with Gasteiger partial charge in [-0.3, -0.25) is 9.58 Å². The molecule has 0 spiro atoms. The molecule has 6 nitrogen and oxygen atoms in total. The van der Waals surface area contributed by atoms with Crippen LogP contribution in [0.4, 0.5) is 0 Å². The molecule has 3 aromatic heterocycles. The molecule has 0 saturated heterocycles. The van der Waals surface area contributed by atoms with Crippen LogP contribution in [0.1, 0.15) is 34.0 Å². The van der Waals surface area contributed by atoms with Crippen molar-refractivity contribution < 1.29 is 13.9 Å². The quantitative estimate of drug-likeness (QED) is 0.465. The normalized spacial score (nSPS) is 12.9. The van der Waals surface area contributed by atoms with Gasteiger partial charge in [0.25, 0.3) is 0 Å². The summed E-state index contributed by atoms with van der Waals surface area (Å²) in [5, 5.41) is 16.4. The summed E-state index contributed by atoms with van der Waals surface area (Å²) in [5.74, 6) is 1.78. The maximum absolute atomic E-state index is 10.8. The van der Waals surface area contributed by atoms with Crippen LogP contribution in [0.2, 0.25) is 0 Å². The van der Waals surface area contributed by atoms with Crippen molar-refractivity contribution in [2.45, 2.75) is 53.4 Å². The molecule has 1 atom stereocenters. The van der Waals surface area contributed by atoms with Crippen LogP contribution in [0.3, 0.4) is 0 Å². The number of benzene rings is 1. The molecule has 0 aliphatic carbocycles. The van der Waals surface area contributed by atoms with E-state index in [1.807, 2.05) is 42.8 Å². The number of aliphatic hydroxyl groups is 1. The van der Waals surface area contributed by atoms with Gasteiger partial charge in [-0.15, -0.1) is 0 Å². The van der Waals surface area contributed by atoms with Crippen LogP contribution in [0.15, 0.2) is 51.5 Å². The lowest BCUT2D eigenvalue weighted by atomic mass is 10.1. The van der Waals surface area contributed by atoms with Crippen molar-refractivity contribution in [3.63, 3.8) is 0 Å². The molecule has 30 heavy (non-hydrogen) atoms. The van der Waals surface area contributed by atoms with Crippen molar-refractivity contribution in [2.24, 2.45) is 0 Å². The fraction of sp³-hybridized carbons (Fsp3) is 0.375. The van der Waals surface area contributed by atoms with Gasteiger partial charge in [0.1, 0.15) is 17.1 Å². The molecule has 6 heteroatoms. The van der Waals surface area contributed by atoms with E-state index in [2.05, 4.69) is 36.0 Å². The Morgan fingerprint density at radius 3 is 2.63 bits per heavy atom. The van der Waals surface area contributed by atoms with Gasteiger partial charge in [-0.25, -0.2) is 0 Å². The number of aliphatic hydroxyl groups excluding tert-OH is 1. The average molecular weight is 408 g/mol. The first-order chi connectivity index (χ1) is 14.4. The minimum atomic E-state index is -0.565. The predicted molar refractivity (Wildman–Crippen MR) is 116 cm³/mol. The van der Waals surface area contributed by atoms with Crippen LogP contribution in [-0.2, 0) is 19.6 Å². The number of hydrogen-bond donors (Lipinski definition) is 1. The Labute approximate surface area is 176 Å². The van der Waals surface area contributed by atoms with Gasteiger partial charge in [0.2, 0.25) is 0 Å². The van der Waals surface area contributed by atoms with Gasteiger partial charge in [0, 0.05) is 17.6 Å². The fourth-order valence-corrected chi connectivity index (χ4v) is 3.96. The standard InChI is InChI=1S/C24H29N3O3/c1-16-7-8-23-22(10-16)19(4)24(30-23)15-26(14-21-6-5-9-29-21)12-20(28)13-27-18(3)11-17(2)25-27/h5-11,20,28H,12-15H2,1-4H3. The van der Waals surface area contributed by atoms with E-state index in [0.717, 1.165) is 39.4 Å². The second kappa shape index (κ2) is 8.50. The molecule has 0 bridgehead atoms. The zero-order valence-electron chi connectivity index (χ0n) is 18.1. The van der Waals surface area contributed by atoms with Gasteiger partial charge < -0.3 is 13.9 Å². The molecular weight excluding hydrogens is 378 g/mol. The van der Waals surface area contributed by atoms with Crippen LogP contribution >= 0.6 is 0 Å². The van der Waals surface area contributed by atoms with Crippen molar-refractivity contribution in [3.8, 4) is 0 Å². The van der Waals surface area contributed by atoms with Crippen LogP contribution in [0.25, 0.3) is 11.0 Å². The monoisotopic (exact) mass is 407 g/mol. The van der Waals surface area contributed by atoms with Gasteiger partial charge in [-0.2, -0.15) is 5.10 Å². The number of rotatable bonds is 8. The highest BCUT2D eigenvalue weighted by Gasteiger charge is 2.19. The molecule has 0 aliphatic rings. The van der Waals surface area contributed by atoms with E-state index in [1.165, 1.54) is 5.56 Å². The van der Waals surface area contributed by atoms with Gasteiger partial charge in [0.15, 0.2) is 0 Å². The molecule has 0 saturated carbocycles. The Morgan fingerprint density at radius 1 is 1.10 bits per heavy atom. The summed E-state index contributed by atoms with van der Waals surface area (Å²) in [6.07, 6.45) is 1.11. The van der Waals surface area contributed by atoms with Crippen molar-refractivity contribution in [1.82, 2.24) is 14.7 Å². The summed E-state index contributed by atoms with van der Waals surface area (Å²) < 4.78 is 13.6. The highest BCUT2D eigenvalue weighted by atomic mass is 16.3. The Bertz CT molecular complexity index is 1120. The first kappa shape index (κ1) is 20.4. The molecular formula is C24H29N3O3. The lowest BCUT2D eigenvalue weighted by Gasteiger charge is -2.24. The Balaban J connectivity index is 1.54. The third kappa shape index (κ3) is 4.50. The zero-order valence-corrected chi connectivity index (χ0v) is 18.1. The summed E-state index contributed by atoms with van der Waals surface area (Å²) in [6, 6.07) is 12.1. The number of fused-ring (bicyclic) bond motifs is 1. The summed E-state index contributed by atoms with van der Waals surface area (Å²) >= 11 is 0. The molecule has 4 aromatic rings. The van der Waals surface area contributed by atoms with Gasteiger partial charge in [-0.1, -0.05) is 11.6 Å². The molecule has 1 N–H and O–H groups in total. The number of furan rings is 2. The molecule has 0 amide bonds. The Kier molecular flexibility index (Phi) is 5.79. The van der Waals surface area contributed by atoms with E-state index >= 15 is 0 Å². The third-order valence-corrected chi connectivity index (χ3v) is 5.47. The SMILES string of the molecule is Cc1ccc2oc(CN(Cc3ccco3)CC(O)Cn3nc(C)cc3C)c(C)c2c1. The largest absolute Gasteiger partial charge is 0.468 e.